The summed E-state index contributed by atoms with van der Waals surface area (Å²) in [5, 5.41) is 0. The highest BCUT2D eigenvalue weighted by atomic mass is 16.6. The molecule has 1 rings (SSSR count). The molecule has 0 aromatic heterocycles. The Labute approximate surface area is 207 Å². The van der Waals surface area contributed by atoms with E-state index in [2.05, 4.69) is 13.8 Å². The molecule has 0 amide bonds. The van der Waals surface area contributed by atoms with Crippen LogP contribution in [0.5, 0.6) is 0 Å². The molecule has 0 aromatic rings. The first-order chi connectivity index (χ1) is 16.3. The number of epoxide rings is 1. The summed E-state index contributed by atoms with van der Waals surface area (Å²) in [4.78, 5) is 12.0. The van der Waals surface area contributed by atoms with Crippen molar-refractivity contribution in [1.29, 1.82) is 0 Å². The van der Waals surface area contributed by atoms with E-state index in [0.29, 0.717) is 6.61 Å². The largest absolute Gasteiger partial charge is 0.464 e. The molecule has 0 spiro atoms. The number of hydrogen-bond donors (Lipinski definition) is 0. The van der Waals surface area contributed by atoms with Gasteiger partial charge in [-0.25, -0.2) is 4.79 Å². The van der Waals surface area contributed by atoms with Crippen LogP contribution < -0.4 is 0 Å². The lowest BCUT2D eigenvalue weighted by atomic mass is 10.0. The van der Waals surface area contributed by atoms with Crippen LogP contribution in [0.25, 0.3) is 0 Å². The van der Waals surface area contributed by atoms with Crippen molar-refractivity contribution < 1.29 is 14.3 Å². The predicted octanol–water partition coefficient (Wildman–Crippen LogP) is 9.70. The molecule has 196 valence electrons. The van der Waals surface area contributed by atoms with E-state index in [0.717, 1.165) is 12.8 Å². The molecule has 33 heavy (non-hydrogen) atoms. The van der Waals surface area contributed by atoms with Gasteiger partial charge in [0.1, 0.15) is 0 Å². The average molecular weight is 467 g/mol. The highest BCUT2D eigenvalue weighted by Gasteiger charge is 2.45. The first-order valence-corrected chi connectivity index (χ1v) is 15.1. The van der Waals surface area contributed by atoms with E-state index in [1.54, 1.807) is 0 Å². The van der Waals surface area contributed by atoms with Crippen molar-refractivity contribution in [2.24, 2.45) is 0 Å². The molecule has 1 aliphatic heterocycles. The summed E-state index contributed by atoms with van der Waals surface area (Å²) < 4.78 is 10.9. The third-order valence-electron chi connectivity index (χ3n) is 7.15. The smallest absolute Gasteiger partial charge is 0.338 e. The zero-order chi connectivity index (χ0) is 23.8. The van der Waals surface area contributed by atoms with E-state index in [9.17, 15) is 4.79 Å². The number of ether oxygens (including phenoxy) is 2. The monoisotopic (exact) mass is 466 g/mol. The molecule has 1 saturated heterocycles. The summed E-state index contributed by atoms with van der Waals surface area (Å²) in [6.45, 7) is 5.09. The van der Waals surface area contributed by atoms with Gasteiger partial charge in [0.25, 0.3) is 0 Å². The van der Waals surface area contributed by atoms with Gasteiger partial charge in [-0.05, 0) is 12.8 Å². The number of carbonyl (C=O) groups is 1. The standard InChI is InChI=1S/C30H58O3/c1-3-5-7-9-11-12-13-14-15-16-17-18-19-20-21-22-24-26-28-29(33-28)30(31)32-27-25-23-10-8-6-4-2/h28-29H,3-27H2,1-2H3. The van der Waals surface area contributed by atoms with Gasteiger partial charge < -0.3 is 9.47 Å². The Balaban J connectivity index is 1.74. The fourth-order valence-corrected chi connectivity index (χ4v) is 4.78. The maximum absolute atomic E-state index is 12.0. The lowest BCUT2D eigenvalue weighted by Crippen LogP contribution is -2.14. The number of carbonyl (C=O) groups excluding carboxylic acids is 1. The second-order valence-electron chi connectivity index (χ2n) is 10.5. The molecular formula is C30H58O3. The topological polar surface area (TPSA) is 38.8 Å². The van der Waals surface area contributed by atoms with E-state index >= 15 is 0 Å². The number of esters is 1. The molecule has 3 heteroatoms. The van der Waals surface area contributed by atoms with E-state index in [-0.39, 0.29) is 18.2 Å². The van der Waals surface area contributed by atoms with Gasteiger partial charge in [-0.3, -0.25) is 0 Å². The van der Waals surface area contributed by atoms with Gasteiger partial charge >= 0.3 is 5.97 Å². The molecule has 1 heterocycles. The predicted molar refractivity (Wildman–Crippen MR) is 142 cm³/mol. The maximum Gasteiger partial charge on any atom is 0.338 e. The Morgan fingerprint density at radius 3 is 1.33 bits per heavy atom. The number of hydrogen-bond acceptors (Lipinski definition) is 3. The molecule has 2 unspecified atom stereocenters. The summed E-state index contributed by atoms with van der Waals surface area (Å²) in [7, 11) is 0. The maximum atomic E-state index is 12.0. The van der Waals surface area contributed by atoms with Gasteiger partial charge in [0.05, 0.1) is 12.7 Å². The van der Waals surface area contributed by atoms with Crippen molar-refractivity contribution in [2.75, 3.05) is 6.61 Å². The van der Waals surface area contributed by atoms with Crippen molar-refractivity contribution in [3.05, 3.63) is 0 Å². The minimum Gasteiger partial charge on any atom is -0.464 e. The molecule has 0 radical (unpaired) electrons. The minimum atomic E-state index is -0.258. The quantitative estimate of drug-likeness (QED) is 0.0723. The Hall–Kier alpha value is -0.570. The lowest BCUT2D eigenvalue weighted by Gasteiger charge is -2.04. The normalized spacial score (nSPS) is 17.4. The fraction of sp³-hybridized carbons (Fsp3) is 0.967. The van der Waals surface area contributed by atoms with Gasteiger partial charge in [0, 0.05) is 0 Å². The van der Waals surface area contributed by atoms with Crippen molar-refractivity contribution in [1.82, 2.24) is 0 Å². The zero-order valence-electron chi connectivity index (χ0n) is 22.6. The van der Waals surface area contributed by atoms with Gasteiger partial charge in [-0.15, -0.1) is 0 Å². The second kappa shape index (κ2) is 23.2. The van der Waals surface area contributed by atoms with Crippen molar-refractivity contribution in [3.63, 3.8) is 0 Å². The summed E-state index contributed by atoms with van der Waals surface area (Å²) in [5.41, 5.74) is 0. The van der Waals surface area contributed by atoms with Crippen molar-refractivity contribution in [2.45, 2.75) is 180 Å². The first kappa shape index (κ1) is 30.5. The van der Waals surface area contributed by atoms with Crippen LogP contribution in [-0.4, -0.2) is 24.8 Å². The molecule has 1 fully saturated rings. The molecule has 3 nitrogen and oxygen atoms in total. The molecule has 0 N–H and O–H groups in total. The minimum absolute atomic E-state index is 0.125. The summed E-state index contributed by atoms with van der Waals surface area (Å²) in [6, 6.07) is 0. The van der Waals surface area contributed by atoms with Crippen molar-refractivity contribution >= 4 is 5.97 Å². The van der Waals surface area contributed by atoms with Crippen LogP contribution in [0, 0.1) is 0 Å². The highest BCUT2D eigenvalue weighted by Crippen LogP contribution is 2.29. The Kier molecular flexibility index (Phi) is 21.4. The summed E-state index contributed by atoms with van der Waals surface area (Å²) in [6.07, 6.45) is 32.0. The van der Waals surface area contributed by atoms with E-state index in [1.807, 2.05) is 0 Å². The molecule has 0 saturated carbocycles. The van der Waals surface area contributed by atoms with E-state index in [4.69, 9.17) is 9.47 Å². The van der Waals surface area contributed by atoms with Crippen molar-refractivity contribution in [3.8, 4) is 0 Å². The van der Waals surface area contributed by atoms with Crippen LogP contribution in [-0.2, 0) is 14.3 Å². The molecule has 2 atom stereocenters. The Bertz CT molecular complexity index is 423. The third-order valence-corrected chi connectivity index (χ3v) is 7.15. The van der Waals surface area contributed by atoms with Gasteiger partial charge in [-0.2, -0.15) is 0 Å². The van der Waals surface area contributed by atoms with Crippen LogP contribution in [0.15, 0.2) is 0 Å². The first-order valence-electron chi connectivity index (χ1n) is 15.1. The van der Waals surface area contributed by atoms with Gasteiger partial charge in [0.2, 0.25) is 0 Å². The zero-order valence-corrected chi connectivity index (χ0v) is 22.6. The van der Waals surface area contributed by atoms with Crippen LogP contribution in [0.4, 0.5) is 0 Å². The van der Waals surface area contributed by atoms with E-state index < -0.39 is 0 Å². The highest BCUT2D eigenvalue weighted by molar-refractivity contribution is 5.77. The summed E-state index contributed by atoms with van der Waals surface area (Å²) in [5.74, 6) is -0.125. The fourth-order valence-electron chi connectivity index (χ4n) is 4.78. The number of unbranched alkanes of at least 4 members (excludes halogenated alkanes) is 21. The van der Waals surface area contributed by atoms with Crippen LogP contribution in [0.3, 0.4) is 0 Å². The summed E-state index contributed by atoms with van der Waals surface area (Å²) >= 11 is 0. The third kappa shape index (κ3) is 19.4. The Morgan fingerprint density at radius 2 is 0.909 bits per heavy atom. The SMILES string of the molecule is CCCCCCCCCCCCCCCCCCCC1OC1C(=O)OCCCCCCCC. The van der Waals surface area contributed by atoms with Gasteiger partial charge in [0.15, 0.2) is 6.10 Å². The van der Waals surface area contributed by atoms with Gasteiger partial charge in [-0.1, -0.05) is 155 Å². The molecule has 0 aromatic carbocycles. The Morgan fingerprint density at radius 1 is 0.545 bits per heavy atom. The molecule has 0 aliphatic carbocycles. The van der Waals surface area contributed by atoms with Crippen LogP contribution in [0.2, 0.25) is 0 Å². The molecule has 1 aliphatic rings. The molecular weight excluding hydrogens is 408 g/mol. The number of rotatable bonds is 26. The van der Waals surface area contributed by atoms with E-state index in [1.165, 1.54) is 141 Å². The molecule has 0 bridgehead atoms. The second-order valence-corrected chi connectivity index (χ2v) is 10.5. The van der Waals surface area contributed by atoms with Crippen LogP contribution >= 0.6 is 0 Å². The average Bonchev–Trinajstić information content (AvgIpc) is 3.60. The van der Waals surface area contributed by atoms with Crippen LogP contribution in [0.1, 0.15) is 168 Å². The lowest BCUT2D eigenvalue weighted by molar-refractivity contribution is -0.145.